The molecule has 0 aliphatic heterocycles. The maximum atomic E-state index is 14.0. The molecule has 5 heteroatoms. The summed E-state index contributed by atoms with van der Waals surface area (Å²) in [6.07, 6.45) is 0. The Morgan fingerprint density at radius 2 is 2.28 bits per heavy atom. The lowest BCUT2D eigenvalue weighted by molar-refractivity contribution is 0.616. The number of rotatable bonds is 4. The first-order valence-electron chi connectivity index (χ1n) is 5.71. The van der Waals surface area contributed by atoms with Crippen molar-refractivity contribution in [1.82, 2.24) is 4.98 Å². The molecule has 0 aliphatic carbocycles. The third-order valence-corrected chi connectivity index (χ3v) is 3.43. The fourth-order valence-electron chi connectivity index (χ4n) is 1.76. The summed E-state index contributed by atoms with van der Waals surface area (Å²) >= 11 is 1.54. The van der Waals surface area contributed by atoms with Crippen molar-refractivity contribution in [3.05, 3.63) is 46.2 Å². The van der Waals surface area contributed by atoms with Gasteiger partial charge in [-0.3, -0.25) is 0 Å². The van der Waals surface area contributed by atoms with Crippen LogP contribution in [0.25, 0.3) is 0 Å². The van der Waals surface area contributed by atoms with Gasteiger partial charge in [-0.25, -0.2) is 9.37 Å². The van der Waals surface area contributed by atoms with Gasteiger partial charge in [-0.2, -0.15) is 0 Å². The van der Waals surface area contributed by atoms with E-state index >= 15 is 0 Å². The van der Waals surface area contributed by atoms with Gasteiger partial charge in [-0.1, -0.05) is 6.07 Å². The van der Waals surface area contributed by atoms with Crippen molar-refractivity contribution in [2.45, 2.75) is 19.5 Å². The number of hydrogen-bond acceptors (Lipinski definition) is 4. The van der Waals surface area contributed by atoms with Crippen LogP contribution in [0, 0.1) is 5.82 Å². The standard InChI is InChI=1S/C13H16FN3S/c1-9(15)10-3-4-13(12(14)5-10)17(2)6-11-7-18-8-16-11/h3-5,7-9H,6,15H2,1-2H3/t9-/m0/s1. The van der Waals surface area contributed by atoms with Crippen molar-refractivity contribution < 1.29 is 4.39 Å². The Bertz CT molecular complexity index is 511. The molecule has 0 saturated carbocycles. The van der Waals surface area contributed by atoms with Gasteiger partial charge in [0.2, 0.25) is 0 Å². The zero-order valence-corrected chi connectivity index (χ0v) is 11.2. The van der Waals surface area contributed by atoms with Crippen LogP contribution in [0.4, 0.5) is 10.1 Å². The van der Waals surface area contributed by atoms with Crippen molar-refractivity contribution in [3.63, 3.8) is 0 Å². The number of hydrogen-bond donors (Lipinski definition) is 1. The molecule has 0 bridgehead atoms. The zero-order valence-electron chi connectivity index (χ0n) is 10.4. The summed E-state index contributed by atoms with van der Waals surface area (Å²) in [7, 11) is 1.85. The molecule has 2 aromatic rings. The summed E-state index contributed by atoms with van der Waals surface area (Å²) in [5, 5.41) is 1.96. The Balaban J connectivity index is 2.17. The highest BCUT2D eigenvalue weighted by molar-refractivity contribution is 7.07. The Morgan fingerprint density at radius 3 is 2.83 bits per heavy atom. The van der Waals surface area contributed by atoms with E-state index in [9.17, 15) is 4.39 Å². The number of halogens is 1. The summed E-state index contributed by atoms with van der Waals surface area (Å²) in [4.78, 5) is 6.03. The van der Waals surface area contributed by atoms with Crippen LogP contribution in [0.5, 0.6) is 0 Å². The van der Waals surface area contributed by atoms with Gasteiger partial charge in [0.1, 0.15) is 5.82 Å². The van der Waals surface area contributed by atoms with Gasteiger partial charge >= 0.3 is 0 Å². The van der Waals surface area contributed by atoms with Crippen LogP contribution >= 0.6 is 11.3 Å². The summed E-state index contributed by atoms with van der Waals surface area (Å²) in [5.41, 5.74) is 9.82. The number of thiazole rings is 1. The van der Waals surface area contributed by atoms with Crippen LogP contribution in [-0.2, 0) is 6.54 Å². The van der Waals surface area contributed by atoms with E-state index < -0.39 is 0 Å². The lowest BCUT2D eigenvalue weighted by Crippen LogP contribution is -2.18. The highest BCUT2D eigenvalue weighted by Gasteiger charge is 2.11. The van der Waals surface area contributed by atoms with Crippen molar-refractivity contribution in [2.24, 2.45) is 5.73 Å². The van der Waals surface area contributed by atoms with Gasteiger partial charge in [-0.05, 0) is 24.6 Å². The topological polar surface area (TPSA) is 42.1 Å². The lowest BCUT2D eigenvalue weighted by atomic mass is 10.1. The summed E-state index contributed by atoms with van der Waals surface area (Å²) < 4.78 is 14.0. The van der Waals surface area contributed by atoms with Gasteiger partial charge < -0.3 is 10.6 Å². The highest BCUT2D eigenvalue weighted by Crippen LogP contribution is 2.23. The first-order valence-corrected chi connectivity index (χ1v) is 6.65. The molecular weight excluding hydrogens is 249 g/mol. The molecule has 96 valence electrons. The molecule has 0 saturated heterocycles. The minimum Gasteiger partial charge on any atom is -0.366 e. The van der Waals surface area contributed by atoms with Gasteiger partial charge in [-0.15, -0.1) is 11.3 Å². The molecule has 0 aliphatic rings. The number of anilines is 1. The van der Waals surface area contributed by atoms with Crippen LogP contribution in [0.2, 0.25) is 0 Å². The van der Waals surface area contributed by atoms with Gasteiger partial charge in [0.15, 0.2) is 0 Å². The van der Waals surface area contributed by atoms with Gasteiger partial charge in [0.05, 0.1) is 23.4 Å². The van der Waals surface area contributed by atoms with Crippen LogP contribution < -0.4 is 10.6 Å². The molecule has 2 rings (SSSR count). The largest absolute Gasteiger partial charge is 0.366 e. The van der Waals surface area contributed by atoms with E-state index in [1.54, 1.807) is 11.6 Å². The zero-order chi connectivity index (χ0) is 13.1. The average Bonchev–Trinajstić information content (AvgIpc) is 2.81. The second-order valence-corrected chi connectivity index (χ2v) is 5.05. The SMILES string of the molecule is C[C@H](N)c1ccc(N(C)Cc2cscn2)c(F)c1. The van der Waals surface area contributed by atoms with Gasteiger partial charge in [0.25, 0.3) is 0 Å². The van der Waals surface area contributed by atoms with Crippen molar-refractivity contribution in [1.29, 1.82) is 0 Å². The molecule has 0 spiro atoms. The normalized spacial score (nSPS) is 12.4. The Labute approximate surface area is 110 Å². The number of nitrogens with two attached hydrogens (primary N) is 1. The van der Waals surface area contributed by atoms with E-state index in [-0.39, 0.29) is 11.9 Å². The molecule has 2 N–H and O–H groups in total. The molecule has 0 radical (unpaired) electrons. The number of aromatic nitrogens is 1. The van der Waals surface area contributed by atoms with Crippen LogP contribution in [0.3, 0.4) is 0 Å². The van der Waals surface area contributed by atoms with Crippen LogP contribution in [0.1, 0.15) is 24.2 Å². The van der Waals surface area contributed by atoms with Crippen LogP contribution in [0.15, 0.2) is 29.1 Å². The van der Waals surface area contributed by atoms with E-state index in [4.69, 9.17) is 5.73 Å². The third kappa shape index (κ3) is 2.86. The number of benzene rings is 1. The first-order chi connectivity index (χ1) is 8.58. The summed E-state index contributed by atoms with van der Waals surface area (Å²) in [5.74, 6) is -0.248. The quantitative estimate of drug-likeness (QED) is 0.924. The summed E-state index contributed by atoms with van der Waals surface area (Å²) in [6, 6.07) is 4.97. The molecule has 18 heavy (non-hydrogen) atoms. The average molecular weight is 265 g/mol. The molecule has 1 aromatic carbocycles. The van der Waals surface area contributed by atoms with Crippen molar-refractivity contribution in [3.8, 4) is 0 Å². The molecule has 0 unspecified atom stereocenters. The van der Waals surface area contributed by atoms with E-state index in [2.05, 4.69) is 4.98 Å². The molecule has 1 atom stereocenters. The molecule has 3 nitrogen and oxygen atoms in total. The molecular formula is C13H16FN3S. The highest BCUT2D eigenvalue weighted by atomic mass is 32.1. The Morgan fingerprint density at radius 1 is 1.50 bits per heavy atom. The fourth-order valence-corrected chi connectivity index (χ4v) is 2.31. The Hall–Kier alpha value is -1.46. The minimum atomic E-state index is -0.248. The predicted molar refractivity (Wildman–Crippen MR) is 73.2 cm³/mol. The monoisotopic (exact) mass is 265 g/mol. The smallest absolute Gasteiger partial charge is 0.146 e. The number of nitrogens with zero attached hydrogens (tertiary/aromatic N) is 2. The van der Waals surface area contributed by atoms with E-state index in [1.807, 2.05) is 30.3 Å². The molecule has 0 fully saturated rings. The van der Waals surface area contributed by atoms with Crippen LogP contribution in [-0.4, -0.2) is 12.0 Å². The molecule has 1 aromatic heterocycles. The maximum absolute atomic E-state index is 14.0. The van der Waals surface area contributed by atoms with E-state index in [0.29, 0.717) is 12.2 Å². The fraction of sp³-hybridized carbons (Fsp3) is 0.308. The predicted octanol–water partition coefficient (Wildman–Crippen LogP) is 2.94. The summed E-state index contributed by atoms with van der Waals surface area (Å²) in [6.45, 7) is 2.44. The third-order valence-electron chi connectivity index (χ3n) is 2.79. The van der Waals surface area contributed by atoms with Crippen molar-refractivity contribution >= 4 is 17.0 Å². The maximum Gasteiger partial charge on any atom is 0.146 e. The second kappa shape index (κ2) is 5.46. The van der Waals surface area contributed by atoms with E-state index in [0.717, 1.165) is 11.3 Å². The van der Waals surface area contributed by atoms with Crippen molar-refractivity contribution in [2.75, 3.05) is 11.9 Å². The Kier molecular flexibility index (Phi) is 3.93. The lowest BCUT2D eigenvalue weighted by Gasteiger charge is -2.19. The van der Waals surface area contributed by atoms with Gasteiger partial charge in [0, 0.05) is 18.5 Å². The molecule has 0 amide bonds. The first kappa shape index (κ1) is 13.0. The van der Waals surface area contributed by atoms with E-state index in [1.165, 1.54) is 17.4 Å². The minimum absolute atomic E-state index is 0.155. The molecule has 1 heterocycles. The second-order valence-electron chi connectivity index (χ2n) is 4.34.